The first-order valence-corrected chi connectivity index (χ1v) is 8.24. The Morgan fingerprint density at radius 3 is 2.36 bits per heavy atom. The number of hydrogen-bond acceptors (Lipinski definition) is 3. The molecule has 1 aromatic carbocycles. The molecular formula is C18H26N2O2. The Hall–Kier alpha value is -1.55. The van der Waals surface area contributed by atoms with E-state index in [0.29, 0.717) is 0 Å². The highest BCUT2D eigenvalue weighted by atomic mass is 16.3. The van der Waals surface area contributed by atoms with E-state index in [2.05, 4.69) is 11.9 Å². The molecule has 3 rings (SSSR count). The summed E-state index contributed by atoms with van der Waals surface area (Å²) in [6.45, 7) is 1.77. The number of nitrogens with zero attached hydrogens (tertiary/aromatic N) is 2. The van der Waals surface area contributed by atoms with Crippen LogP contribution in [0.1, 0.15) is 31.2 Å². The van der Waals surface area contributed by atoms with Gasteiger partial charge in [-0.2, -0.15) is 0 Å². The molecule has 1 amide bonds. The third-order valence-electron chi connectivity index (χ3n) is 5.09. The molecule has 2 aliphatic carbocycles. The Labute approximate surface area is 132 Å². The second kappa shape index (κ2) is 5.92. The molecular weight excluding hydrogens is 276 g/mol. The fourth-order valence-corrected chi connectivity index (χ4v) is 3.13. The summed E-state index contributed by atoms with van der Waals surface area (Å²) in [4.78, 5) is 17.0. The zero-order valence-corrected chi connectivity index (χ0v) is 13.6. The highest BCUT2D eigenvalue weighted by Gasteiger charge is 2.50. The van der Waals surface area contributed by atoms with Crippen LogP contribution in [-0.4, -0.2) is 54.0 Å². The average Bonchev–Trinajstić information content (AvgIpc) is 3.40. The van der Waals surface area contributed by atoms with Gasteiger partial charge in [-0.15, -0.1) is 0 Å². The SMILES string of the molecule is CN(CCN(C)C1CC1)C(=O)C1(Cc2ccc(O)cc2)CC1. The Kier molecular flexibility index (Phi) is 4.13. The lowest BCUT2D eigenvalue weighted by Gasteiger charge is -2.26. The maximum atomic E-state index is 12.8. The quantitative estimate of drug-likeness (QED) is 0.840. The van der Waals surface area contributed by atoms with Gasteiger partial charge in [0.25, 0.3) is 0 Å². The standard InChI is InChI=1S/C18H26N2O2/c1-19(15-5-6-15)11-12-20(2)17(22)18(9-10-18)13-14-3-7-16(21)8-4-14/h3-4,7-8,15,21H,5-6,9-13H2,1-2H3. The van der Waals surface area contributed by atoms with E-state index in [0.717, 1.165) is 44.0 Å². The lowest BCUT2D eigenvalue weighted by atomic mass is 9.95. The number of phenolic OH excluding ortho intramolecular Hbond substituents is 1. The molecule has 4 nitrogen and oxygen atoms in total. The van der Waals surface area contributed by atoms with Gasteiger partial charge in [-0.05, 0) is 56.8 Å². The van der Waals surface area contributed by atoms with Crippen molar-refractivity contribution >= 4 is 5.91 Å². The summed E-state index contributed by atoms with van der Waals surface area (Å²) >= 11 is 0. The summed E-state index contributed by atoms with van der Waals surface area (Å²) in [5, 5.41) is 9.36. The molecule has 1 N–H and O–H groups in total. The van der Waals surface area contributed by atoms with Crippen molar-refractivity contribution in [1.29, 1.82) is 0 Å². The van der Waals surface area contributed by atoms with Gasteiger partial charge >= 0.3 is 0 Å². The second-order valence-corrected chi connectivity index (χ2v) is 7.06. The Morgan fingerprint density at radius 2 is 1.82 bits per heavy atom. The predicted molar refractivity (Wildman–Crippen MR) is 86.8 cm³/mol. The van der Waals surface area contributed by atoms with E-state index >= 15 is 0 Å². The number of likely N-dealkylation sites (N-methyl/N-ethyl adjacent to an activating group) is 2. The third kappa shape index (κ3) is 3.43. The first kappa shape index (κ1) is 15.3. The van der Waals surface area contributed by atoms with E-state index < -0.39 is 0 Å². The van der Waals surface area contributed by atoms with Crippen LogP contribution in [0.5, 0.6) is 5.75 Å². The van der Waals surface area contributed by atoms with E-state index in [1.54, 1.807) is 12.1 Å². The summed E-state index contributed by atoms with van der Waals surface area (Å²) in [5.41, 5.74) is 0.941. The monoisotopic (exact) mass is 302 g/mol. The summed E-state index contributed by atoms with van der Waals surface area (Å²) in [7, 11) is 4.08. The molecule has 120 valence electrons. The van der Waals surface area contributed by atoms with Crippen LogP contribution >= 0.6 is 0 Å². The molecule has 0 bridgehead atoms. The second-order valence-electron chi connectivity index (χ2n) is 7.06. The molecule has 0 heterocycles. The fraction of sp³-hybridized carbons (Fsp3) is 0.611. The number of benzene rings is 1. The van der Waals surface area contributed by atoms with E-state index in [9.17, 15) is 9.90 Å². The fourth-order valence-electron chi connectivity index (χ4n) is 3.13. The molecule has 0 aromatic heterocycles. The minimum atomic E-state index is -0.191. The molecule has 4 heteroatoms. The van der Waals surface area contributed by atoms with E-state index in [1.807, 2.05) is 24.1 Å². The maximum absolute atomic E-state index is 12.8. The molecule has 22 heavy (non-hydrogen) atoms. The molecule has 0 radical (unpaired) electrons. The molecule has 0 unspecified atom stereocenters. The number of aromatic hydroxyl groups is 1. The Balaban J connectivity index is 1.54. The van der Waals surface area contributed by atoms with Crippen LogP contribution < -0.4 is 0 Å². The molecule has 2 saturated carbocycles. The van der Waals surface area contributed by atoms with Gasteiger partial charge in [0.15, 0.2) is 0 Å². The minimum absolute atomic E-state index is 0.191. The van der Waals surface area contributed by atoms with Crippen molar-refractivity contribution in [2.45, 2.75) is 38.1 Å². The first-order chi connectivity index (χ1) is 10.5. The average molecular weight is 302 g/mol. The summed E-state index contributed by atoms with van der Waals surface area (Å²) in [6, 6.07) is 7.98. The summed E-state index contributed by atoms with van der Waals surface area (Å²) in [5.74, 6) is 0.560. The van der Waals surface area contributed by atoms with Crippen LogP contribution in [-0.2, 0) is 11.2 Å². The zero-order chi connectivity index (χ0) is 15.7. The van der Waals surface area contributed by atoms with Gasteiger partial charge in [-0.1, -0.05) is 12.1 Å². The highest BCUT2D eigenvalue weighted by molar-refractivity contribution is 5.85. The molecule has 0 atom stereocenters. The van der Waals surface area contributed by atoms with Gasteiger partial charge in [0, 0.05) is 26.2 Å². The van der Waals surface area contributed by atoms with Gasteiger partial charge in [0.2, 0.25) is 5.91 Å². The summed E-state index contributed by atoms with van der Waals surface area (Å²) in [6.07, 6.45) is 5.36. The van der Waals surface area contributed by atoms with Crippen molar-refractivity contribution in [3.05, 3.63) is 29.8 Å². The maximum Gasteiger partial charge on any atom is 0.228 e. The van der Waals surface area contributed by atoms with Crippen molar-refractivity contribution in [2.24, 2.45) is 5.41 Å². The van der Waals surface area contributed by atoms with Crippen LogP contribution in [0.2, 0.25) is 0 Å². The van der Waals surface area contributed by atoms with Crippen LogP contribution in [0.4, 0.5) is 0 Å². The van der Waals surface area contributed by atoms with Gasteiger partial charge in [0.1, 0.15) is 5.75 Å². The molecule has 0 saturated heterocycles. The molecule has 1 aromatic rings. The number of carbonyl (C=O) groups is 1. The van der Waals surface area contributed by atoms with Gasteiger partial charge in [-0.25, -0.2) is 0 Å². The predicted octanol–water partition coefficient (Wildman–Crippen LogP) is 2.27. The highest BCUT2D eigenvalue weighted by Crippen LogP contribution is 2.49. The Morgan fingerprint density at radius 1 is 1.18 bits per heavy atom. The molecule has 0 aliphatic heterocycles. The minimum Gasteiger partial charge on any atom is -0.508 e. The van der Waals surface area contributed by atoms with Crippen molar-refractivity contribution in [2.75, 3.05) is 27.2 Å². The third-order valence-corrected chi connectivity index (χ3v) is 5.09. The normalized spacial score (nSPS) is 19.2. The lowest BCUT2D eigenvalue weighted by Crippen LogP contribution is -2.40. The van der Waals surface area contributed by atoms with Crippen molar-refractivity contribution in [3.8, 4) is 5.75 Å². The smallest absolute Gasteiger partial charge is 0.228 e. The van der Waals surface area contributed by atoms with Crippen LogP contribution in [0.25, 0.3) is 0 Å². The zero-order valence-electron chi connectivity index (χ0n) is 13.6. The number of carbonyl (C=O) groups excluding carboxylic acids is 1. The van der Waals surface area contributed by atoms with Gasteiger partial charge < -0.3 is 14.9 Å². The van der Waals surface area contributed by atoms with Crippen molar-refractivity contribution < 1.29 is 9.90 Å². The summed E-state index contributed by atoms with van der Waals surface area (Å²) < 4.78 is 0. The number of rotatable bonds is 7. The van der Waals surface area contributed by atoms with Gasteiger partial charge in [-0.3, -0.25) is 4.79 Å². The molecule has 2 fully saturated rings. The molecule has 2 aliphatic rings. The number of amides is 1. The van der Waals surface area contributed by atoms with Crippen LogP contribution in [0, 0.1) is 5.41 Å². The van der Waals surface area contributed by atoms with E-state index in [1.165, 1.54) is 12.8 Å². The largest absolute Gasteiger partial charge is 0.508 e. The van der Waals surface area contributed by atoms with E-state index in [-0.39, 0.29) is 17.1 Å². The lowest BCUT2D eigenvalue weighted by molar-refractivity contribution is -0.135. The molecule has 0 spiro atoms. The number of phenols is 1. The van der Waals surface area contributed by atoms with E-state index in [4.69, 9.17) is 0 Å². The van der Waals surface area contributed by atoms with Gasteiger partial charge in [0.05, 0.1) is 5.41 Å². The Bertz CT molecular complexity index is 533. The van der Waals surface area contributed by atoms with Crippen LogP contribution in [0.15, 0.2) is 24.3 Å². The van der Waals surface area contributed by atoms with Crippen molar-refractivity contribution in [1.82, 2.24) is 9.80 Å². The topological polar surface area (TPSA) is 43.8 Å². The van der Waals surface area contributed by atoms with Crippen molar-refractivity contribution in [3.63, 3.8) is 0 Å². The number of hydrogen-bond donors (Lipinski definition) is 1. The first-order valence-electron chi connectivity index (χ1n) is 8.24. The van der Waals surface area contributed by atoms with Crippen LogP contribution in [0.3, 0.4) is 0 Å².